The van der Waals surface area contributed by atoms with Gasteiger partial charge < -0.3 is 10.1 Å². The fourth-order valence-corrected chi connectivity index (χ4v) is 3.79. The molecule has 0 saturated carbocycles. The van der Waals surface area contributed by atoms with E-state index in [-0.39, 0.29) is 17.9 Å². The van der Waals surface area contributed by atoms with Crippen molar-refractivity contribution >= 4 is 43.7 Å². The first kappa shape index (κ1) is 16.5. The van der Waals surface area contributed by atoms with Gasteiger partial charge in [0.25, 0.3) is 0 Å². The van der Waals surface area contributed by atoms with E-state index in [0.717, 1.165) is 20.3 Å². The minimum absolute atomic E-state index is 0.124. The summed E-state index contributed by atoms with van der Waals surface area (Å²) in [5.41, 5.74) is 0.936. The largest absolute Gasteiger partial charge is 0.495 e. The van der Waals surface area contributed by atoms with Crippen LogP contribution >= 0.6 is 31.9 Å². The first-order valence-corrected chi connectivity index (χ1v) is 8.08. The number of amides is 2. The summed E-state index contributed by atoms with van der Waals surface area (Å²) in [7, 11) is 3.13. The third-order valence-corrected chi connectivity index (χ3v) is 4.52. The lowest BCUT2D eigenvalue weighted by Gasteiger charge is -2.28. The topological polar surface area (TPSA) is 58.6 Å². The number of nitrogens with one attached hydrogen (secondary N) is 1. The number of carbonyl (C=O) groups excluding carboxylic acids is 2. The van der Waals surface area contributed by atoms with Gasteiger partial charge in [-0.2, -0.15) is 0 Å². The van der Waals surface area contributed by atoms with Gasteiger partial charge in [-0.25, -0.2) is 0 Å². The molecule has 0 aromatic heterocycles. The Balaban J connectivity index is 2.10. The smallest absolute Gasteiger partial charge is 0.246 e. The van der Waals surface area contributed by atoms with Crippen molar-refractivity contribution in [2.24, 2.45) is 0 Å². The molecule has 2 rings (SSSR count). The third-order valence-electron chi connectivity index (χ3n) is 3.48. The van der Waals surface area contributed by atoms with E-state index >= 15 is 0 Å². The summed E-state index contributed by atoms with van der Waals surface area (Å²) < 4.78 is 7.15. The molecule has 21 heavy (non-hydrogen) atoms. The highest BCUT2D eigenvalue weighted by atomic mass is 79.9. The van der Waals surface area contributed by atoms with Crippen LogP contribution in [-0.4, -0.2) is 36.9 Å². The van der Waals surface area contributed by atoms with Crippen molar-refractivity contribution < 1.29 is 14.3 Å². The Bertz CT molecular complexity index is 578. The van der Waals surface area contributed by atoms with E-state index in [2.05, 4.69) is 37.2 Å². The second-order valence-corrected chi connectivity index (χ2v) is 6.61. The second kappa shape index (κ2) is 6.89. The molecule has 0 aliphatic carbocycles. The number of ether oxygens (including phenoxy) is 1. The number of hydrogen-bond acceptors (Lipinski definition) is 4. The molecule has 0 bridgehead atoms. The number of piperidine rings is 1. The molecular formula is C14H16Br2N2O3. The summed E-state index contributed by atoms with van der Waals surface area (Å²) in [5, 5.41) is 3.20. The molecule has 1 aliphatic heterocycles. The molecule has 5 nitrogen and oxygen atoms in total. The van der Waals surface area contributed by atoms with Crippen molar-refractivity contribution in [3.8, 4) is 5.75 Å². The zero-order chi connectivity index (χ0) is 15.6. The molecule has 1 saturated heterocycles. The summed E-state index contributed by atoms with van der Waals surface area (Å²) in [6.07, 6.45) is 0.915. The average molecular weight is 420 g/mol. The van der Waals surface area contributed by atoms with Gasteiger partial charge in [-0.1, -0.05) is 15.9 Å². The number of halogens is 2. The predicted octanol–water partition coefficient (Wildman–Crippen LogP) is 2.46. The minimum Gasteiger partial charge on any atom is -0.495 e. The SMILES string of the molecule is COc1c(Br)cc(Br)cc1CNC1CCC(=O)N(C)C1=O. The quantitative estimate of drug-likeness (QED) is 0.761. The van der Waals surface area contributed by atoms with Crippen LogP contribution in [0.5, 0.6) is 5.75 Å². The van der Waals surface area contributed by atoms with Crippen molar-refractivity contribution in [2.75, 3.05) is 14.2 Å². The van der Waals surface area contributed by atoms with E-state index in [9.17, 15) is 9.59 Å². The molecule has 114 valence electrons. The minimum atomic E-state index is -0.338. The number of nitrogens with zero attached hydrogens (tertiary/aromatic N) is 1. The van der Waals surface area contributed by atoms with Gasteiger partial charge in [-0.3, -0.25) is 14.5 Å². The molecule has 2 amide bonds. The molecule has 1 aromatic carbocycles. The van der Waals surface area contributed by atoms with Crippen LogP contribution in [0, 0.1) is 0 Å². The molecule has 0 radical (unpaired) electrons. The number of likely N-dealkylation sites (N-methyl/N-ethyl adjacent to an activating group) is 1. The monoisotopic (exact) mass is 418 g/mol. The Kier molecular flexibility index (Phi) is 5.40. The van der Waals surface area contributed by atoms with Crippen molar-refractivity contribution in [1.29, 1.82) is 0 Å². The Hall–Kier alpha value is -0.920. The van der Waals surface area contributed by atoms with E-state index in [0.29, 0.717) is 19.4 Å². The molecule has 1 unspecified atom stereocenters. The Morgan fingerprint density at radius 3 is 2.76 bits per heavy atom. The maximum atomic E-state index is 12.0. The first-order chi connectivity index (χ1) is 9.93. The lowest BCUT2D eigenvalue weighted by atomic mass is 10.0. The maximum absolute atomic E-state index is 12.0. The van der Waals surface area contributed by atoms with Gasteiger partial charge >= 0.3 is 0 Å². The van der Waals surface area contributed by atoms with Crippen LogP contribution in [0.4, 0.5) is 0 Å². The fourth-order valence-electron chi connectivity index (χ4n) is 2.31. The summed E-state index contributed by atoms with van der Waals surface area (Å²) in [4.78, 5) is 24.7. The zero-order valence-corrected chi connectivity index (χ0v) is 15.0. The van der Waals surface area contributed by atoms with E-state index in [4.69, 9.17) is 4.74 Å². The first-order valence-electron chi connectivity index (χ1n) is 6.49. The standard InChI is InChI=1S/C14H16Br2N2O3/c1-18-12(19)4-3-11(14(18)20)17-7-8-5-9(15)6-10(16)13(8)21-2/h5-6,11,17H,3-4,7H2,1-2H3. The van der Waals surface area contributed by atoms with Gasteiger partial charge in [0.1, 0.15) is 5.75 Å². The van der Waals surface area contributed by atoms with E-state index in [1.165, 1.54) is 11.9 Å². The Labute approximate surface area is 140 Å². The van der Waals surface area contributed by atoms with Gasteiger partial charge in [0, 0.05) is 30.0 Å². The molecule has 1 heterocycles. The van der Waals surface area contributed by atoms with Crippen LogP contribution < -0.4 is 10.1 Å². The molecule has 0 spiro atoms. The van der Waals surface area contributed by atoms with Crippen molar-refractivity contribution in [3.05, 3.63) is 26.6 Å². The predicted molar refractivity (Wildman–Crippen MR) is 86.0 cm³/mol. The van der Waals surface area contributed by atoms with Crippen LogP contribution in [0.25, 0.3) is 0 Å². The fraction of sp³-hybridized carbons (Fsp3) is 0.429. The highest BCUT2D eigenvalue weighted by molar-refractivity contribution is 9.11. The maximum Gasteiger partial charge on any atom is 0.246 e. The highest BCUT2D eigenvalue weighted by Crippen LogP contribution is 2.32. The summed E-state index contributed by atoms with van der Waals surface area (Å²) in [6, 6.07) is 3.51. The number of rotatable bonds is 4. The highest BCUT2D eigenvalue weighted by Gasteiger charge is 2.31. The van der Waals surface area contributed by atoms with Gasteiger partial charge in [0.05, 0.1) is 17.6 Å². The lowest BCUT2D eigenvalue weighted by Crippen LogP contribution is -2.51. The van der Waals surface area contributed by atoms with Crippen molar-refractivity contribution in [2.45, 2.75) is 25.4 Å². The van der Waals surface area contributed by atoms with Gasteiger partial charge in [-0.05, 0) is 34.5 Å². The number of carbonyl (C=O) groups is 2. The summed E-state index contributed by atoms with van der Waals surface area (Å²) >= 11 is 6.89. The van der Waals surface area contributed by atoms with Crippen LogP contribution in [0.3, 0.4) is 0 Å². The Morgan fingerprint density at radius 1 is 1.38 bits per heavy atom. The van der Waals surface area contributed by atoms with Crippen LogP contribution in [-0.2, 0) is 16.1 Å². The number of hydrogen-bond donors (Lipinski definition) is 1. The average Bonchev–Trinajstić information content (AvgIpc) is 2.43. The summed E-state index contributed by atoms with van der Waals surface area (Å²) in [6.45, 7) is 0.486. The number of imide groups is 1. The van der Waals surface area contributed by atoms with E-state index in [1.807, 2.05) is 12.1 Å². The third kappa shape index (κ3) is 3.64. The Morgan fingerprint density at radius 2 is 2.10 bits per heavy atom. The van der Waals surface area contributed by atoms with Crippen LogP contribution in [0.1, 0.15) is 18.4 Å². The van der Waals surface area contributed by atoms with E-state index < -0.39 is 0 Å². The molecule has 1 fully saturated rings. The normalized spacial score (nSPS) is 19.0. The van der Waals surface area contributed by atoms with Gasteiger partial charge in [0.2, 0.25) is 11.8 Å². The van der Waals surface area contributed by atoms with Crippen molar-refractivity contribution in [3.63, 3.8) is 0 Å². The molecule has 1 atom stereocenters. The van der Waals surface area contributed by atoms with E-state index in [1.54, 1.807) is 7.11 Å². The number of methoxy groups -OCH3 is 1. The summed E-state index contributed by atoms with van der Waals surface area (Å²) in [5.74, 6) is 0.429. The molecule has 1 aromatic rings. The zero-order valence-electron chi connectivity index (χ0n) is 11.8. The van der Waals surface area contributed by atoms with Gasteiger partial charge in [0.15, 0.2) is 0 Å². The van der Waals surface area contributed by atoms with Gasteiger partial charge in [-0.15, -0.1) is 0 Å². The second-order valence-electron chi connectivity index (χ2n) is 4.84. The molecule has 7 heteroatoms. The molecular weight excluding hydrogens is 404 g/mol. The molecule has 1 N–H and O–H groups in total. The van der Waals surface area contributed by atoms with Crippen LogP contribution in [0.2, 0.25) is 0 Å². The number of likely N-dealkylation sites (tertiary alicyclic amines) is 1. The number of benzene rings is 1. The lowest BCUT2D eigenvalue weighted by molar-refractivity contribution is -0.148. The molecule has 1 aliphatic rings. The van der Waals surface area contributed by atoms with Crippen LogP contribution in [0.15, 0.2) is 21.1 Å². The van der Waals surface area contributed by atoms with Crippen molar-refractivity contribution in [1.82, 2.24) is 10.2 Å².